The summed E-state index contributed by atoms with van der Waals surface area (Å²) in [6.45, 7) is 4.05. The monoisotopic (exact) mass is 1240 g/mol. The van der Waals surface area contributed by atoms with Gasteiger partial charge < -0.3 is 47.7 Å². The first kappa shape index (κ1) is 57.9. The predicted molar refractivity (Wildman–Crippen MR) is 319 cm³/mol. The van der Waals surface area contributed by atoms with Crippen molar-refractivity contribution >= 4 is 103 Å². The summed E-state index contributed by atoms with van der Waals surface area (Å²) in [5.74, 6) is -4.74. The minimum Gasteiger partial charge on any atom is -0.492 e. The van der Waals surface area contributed by atoms with Crippen LogP contribution in [-0.2, 0) is 16.0 Å². The van der Waals surface area contributed by atoms with Crippen molar-refractivity contribution in [1.29, 1.82) is 0 Å². The summed E-state index contributed by atoms with van der Waals surface area (Å²) in [6.07, 6.45) is -2.93. The Hall–Kier alpha value is -7.93. The lowest BCUT2D eigenvalue weighted by atomic mass is 9.90. The molecule has 10 bridgehead atoms. The zero-order chi connectivity index (χ0) is 58.9. The minimum atomic E-state index is -1.29. The highest BCUT2D eigenvalue weighted by Gasteiger charge is 2.45. The fourth-order valence-corrected chi connectivity index (χ4v) is 15.2. The number of ether oxygens (including phenoxy) is 1. The van der Waals surface area contributed by atoms with E-state index in [-0.39, 0.29) is 58.6 Å². The number of aliphatic hydroxyl groups excluding tert-OH is 2. The molecule has 7 atom stereocenters. The van der Waals surface area contributed by atoms with Gasteiger partial charge in [-0.1, -0.05) is 49.4 Å². The van der Waals surface area contributed by atoms with Crippen LogP contribution in [-0.4, -0.2) is 117 Å². The number of thiazole rings is 6. The fourth-order valence-electron chi connectivity index (χ4n) is 9.84. The molecule has 0 radical (unpaired) electrons. The van der Waals surface area contributed by atoms with Gasteiger partial charge in [0.1, 0.15) is 83.3 Å². The summed E-state index contributed by atoms with van der Waals surface area (Å²) < 4.78 is 5.71. The molecule has 9 aromatic rings. The van der Waals surface area contributed by atoms with E-state index in [0.717, 1.165) is 34.0 Å². The van der Waals surface area contributed by atoms with Crippen LogP contribution >= 0.6 is 68.0 Å². The van der Waals surface area contributed by atoms with Crippen LogP contribution < -0.4 is 32.6 Å². The maximum Gasteiger partial charge on any atom is 0.271 e. The standard InChI is InChI=1S/C56H51N13O9S6/c1-25-41(71)19-69-45(25)55-67-39(24-83-55)53-63-35(20-81-53)44-30(12-13-32(60-44)52-64-36(21-82-52)47(59)74)50-65-37(22-79-50)48(75)61-33(18-42(58)72)54-68-43(26(2)84-54)40(70)17-31(46(73)28-6-4-3-5-7-28)51-66-38(23-80-51)49(76)62-34(56(69)77)16-27-8-10-29(11-9-27)78-15-14-57/h3-13,20-25,31,33-34,41,45-46,71,73H,14-19,57H2,1-2H3,(H2,58,72)(H2,59,74)(H,61,75)(H,62,76)/t25-,31-,33-,34-,41-,45-,46+/m0/s1. The molecular formula is C56H51N13O9S6. The van der Waals surface area contributed by atoms with E-state index in [4.69, 9.17) is 46.9 Å². The number of primary amides is 2. The first-order chi connectivity index (χ1) is 40.5. The maximum atomic E-state index is 15.3. The van der Waals surface area contributed by atoms with E-state index >= 15 is 4.79 Å². The zero-order valence-electron chi connectivity index (χ0n) is 44.5. The van der Waals surface area contributed by atoms with Crippen LogP contribution in [0.1, 0.15) is 117 Å². The number of benzene rings is 2. The van der Waals surface area contributed by atoms with Crippen molar-refractivity contribution in [2.24, 2.45) is 23.1 Å². The second-order valence-electron chi connectivity index (χ2n) is 19.8. The van der Waals surface area contributed by atoms with Crippen LogP contribution in [0.4, 0.5) is 0 Å². The number of nitrogens with zero attached hydrogens (tertiary/aromatic N) is 8. The van der Waals surface area contributed by atoms with Gasteiger partial charge in [0.05, 0.1) is 41.4 Å². The topological polar surface area (TPSA) is 348 Å². The molecule has 10 N–H and O–H groups in total. The molecule has 1 saturated heterocycles. The molecule has 7 aromatic heterocycles. The van der Waals surface area contributed by atoms with Crippen molar-refractivity contribution in [3.05, 3.63) is 147 Å². The molecule has 430 valence electrons. The SMILES string of the molecule is Cc1sc2nc1C(=O)C[C@@H]([C@H](O)c1ccccc1)c1nc(cs1)C(=O)N[C@@H](Cc1ccc(OCCN)cc1)C(=O)N1C[C@H](O)[C@H](C)[C@H]1c1nc(cs1)-c1nc(cs1)-c1nc(-c3nc(C(N)=O)cs3)ccc1-c1nc(cs1)C(=O)N[C@H]2CC(N)=O. The number of carbonyl (C=O) groups excluding carboxylic acids is 6. The highest BCUT2D eigenvalue weighted by atomic mass is 32.1. The van der Waals surface area contributed by atoms with E-state index in [1.165, 1.54) is 44.8 Å². The fraction of sp³-hybridized carbons (Fsp3) is 0.268. The molecule has 2 aliphatic heterocycles. The summed E-state index contributed by atoms with van der Waals surface area (Å²) >= 11 is 7.06. The van der Waals surface area contributed by atoms with Gasteiger partial charge in [0.15, 0.2) is 5.78 Å². The molecule has 1 fully saturated rings. The van der Waals surface area contributed by atoms with Crippen molar-refractivity contribution in [1.82, 2.24) is 50.4 Å². The van der Waals surface area contributed by atoms with Gasteiger partial charge in [-0.05, 0) is 42.3 Å². The van der Waals surface area contributed by atoms with Gasteiger partial charge in [-0.15, -0.1) is 68.0 Å². The molecule has 2 aromatic carbocycles. The predicted octanol–water partition coefficient (Wildman–Crippen LogP) is 6.91. The number of nitrogens with two attached hydrogens (primary N) is 3. The molecule has 5 amide bonds. The summed E-state index contributed by atoms with van der Waals surface area (Å²) in [4.78, 5) is 119. The molecule has 0 unspecified atom stereocenters. The number of hydrogen-bond acceptors (Lipinski definition) is 23. The molecule has 9 heterocycles. The first-order valence-corrected chi connectivity index (χ1v) is 31.3. The van der Waals surface area contributed by atoms with Crippen LogP contribution in [0.25, 0.3) is 43.4 Å². The lowest BCUT2D eigenvalue weighted by Crippen LogP contribution is -2.50. The van der Waals surface area contributed by atoms with Gasteiger partial charge >= 0.3 is 0 Å². The van der Waals surface area contributed by atoms with Gasteiger partial charge in [0, 0.05) is 75.1 Å². The van der Waals surface area contributed by atoms with Crippen LogP contribution in [0.15, 0.2) is 93.6 Å². The highest BCUT2D eigenvalue weighted by molar-refractivity contribution is 7.15. The normalized spacial score (nSPS) is 19.8. The Morgan fingerprint density at radius 1 is 0.714 bits per heavy atom. The number of ketones is 1. The quantitative estimate of drug-likeness (QED) is 0.0692. The molecule has 0 saturated carbocycles. The van der Waals surface area contributed by atoms with Gasteiger partial charge in [-0.25, -0.2) is 34.9 Å². The van der Waals surface area contributed by atoms with Crippen LogP contribution in [0.2, 0.25) is 0 Å². The number of aliphatic hydroxyl groups is 2. The van der Waals surface area contributed by atoms with Gasteiger partial charge in [0.2, 0.25) is 11.8 Å². The van der Waals surface area contributed by atoms with Crippen molar-refractivity contribution in [2.45, 2.75) is 69.4 Å². The smallest absolute Gasteiger partial charge is 0.271 e. The van der Waals surface area contributed by atoms with Crippen molar-refractivity contribution in [3.63, 3.8) is 0 Å². The number of rotatable bonds is 11. The van der Waals surface area contributed by atoms with Crippen LogP contribution in [0.5, 0.6) is 5.75 Å². The Morgan fingerprint density at radius 3 is 2.11 bits per heavy atom. The van der Waals surface area contributed by atoms with Gasteiger partial charge in [0.25, 0.3) is 17.7 Å². The van der Waals surface area contributed by atoms with E-state index in [0.29, 0.717) is 83.3 Å². The number of nitrogens with one attached hydrogen (secondary N) is 2. The average molecular weight is 1240 g/mol. The Balaban J connectivity index is 1.01. The first-order valence-electron chi connectivity index (χ1n) is 26.1. The highest BCUT2D eigenvalue weighted by Crippen LogP contribution is 2.43. The Kier molecular flexibility index (Phi) is 17.0. The van der Waals surface area contributed by atoms with E-state index in [1.807, 2.05) is 12.3 Å². The number of Topliss-reactive ketones (excluding diaryl/α,β-unsaturated/α-hetero) is 1. The Labute approximate surface area is 502 Å². The largest absolute Gasteiger partial charge is 0.492 e. The summed E-state index contributed by atoms with van der Waals surface area (Å²) in [6, 6.07) is 16.2. The Bertz CT molecular complexity index is 3950. The third kappa shape index (κ3) is 12.2. The average Bonchev–Trinajstić information content (AvgIpc) is 4.55. The second-order valence-corrected chi connectivity index (χ2v) is 25.4. The number of pyridine rings is 1. The number of aryl methyl sites for hydroxylation is 1. The summed E-state index contributed by atoms with van der Waals surface area (Å²) in [5.41, 5.74) is 20.3. The molecule has 11 rings (SSSR count). The van der Waals surface area contributed by atoms with E-state index < -0.39 is 77.5 Å². The van der Waals surface area contributed by atoms with Gasteiger partial charge in [-0.3, -0.25) is 28.8 Å². The second kappa shape index (κ2) is 24.7. The number of carbonyl (C=O) groups is 6. The van der Waals surface area contributed by atoms with Crippen LogP contribution in [0.3, 0.4) is 0 Å². The third-order valence-electron chi connectivity index (χ3n) is 14.1. The number of aromatic nitrogens is 7. The molecule has 84 heavy (non-hydrogen) atoms. The number of fused-ring (bicyclic) bond motifs is 16. The maximum absolute atomic E-state index is 15.3. The van der Waals surface area contributed by atoms with E-state index in [9.17, 15) is 34.2 Å². The molecule has 22 nitrogen and oxygen atoms in total. The molecule has 2 aliphatic rings. The lowest BCUT2D eigenvalue weighted by Gasteiger charge is -2.29. The third-order valence-corrected chi connectivity index (χ3v) is 19.7. The molecule has 28 heteroatoms. The summed E-state index contributed by atoms with van der Waals surface area (Å²) in [5, 5.41) is 39.9. The molecular weight excluding hydrogens is 1190 g/mol. The number of hydrogen-bond donors (Lipinski definition) is 7. The van der Waals surface area contributed by atoms with Crippen molar-refractivity contribution in [2.75, 3.05) is 19.7 Å². The van der Waals surface area contributed by atoms with Crippen molar-refractivity contribution in [3.8, 4) is 49.1 Å². The lowest BCUT2D eigenvalue weighted by molar-refractivity contribution is -0.134. The summed E-state index contributed by atoms with van der Waals surface area (Å²) in [7, 11) is 0. The van der Waals surface area contributed by atoms with Gasteiger partial charge in [-0.2, -0.15) is 0 Å². The van der Waals surface area contributed by atoms with Crippen LogP contribution in [0, 0.1) is 12.8 Å². The molecule has 0 spiro atoms. The minimum absolute atomic E-state index is 0.00446. The Morgan fingerprint density at radius 2 is 1.37 bits per heavy atom. The van der Waals surface area contributed by atoms with Crippen molar-refractivity contribution < 1.29 is 43.7 Å². The van der Waals surface area contributed by atoms with E-state index in [1.54, 1.807) is 89.3 Å². The number of amides is 5. The van der Waals surface area contributed by atoms with E-state index in [2.05, 4.69) is 20.6 Å². The molecule has 0 aliphatic carbocycles. The zero-order valence-corrected chi connectivity index (χ0v) is 49.4.